The van der Waals surface area contributed by atoms with Crippen molar-refractivity contribution in [2.75, 3.05) is 39.3 Å². The molecular formula is C10H24N4. The molecular weight excluding hydrogens is 176 g/mol. The molecule has 0 radical (unpaired) electrons. The van der Waals surface area contributed by atoms with Crippen LogP contribution < -0.4 is 16.4 Å². The van der Waals surface area contributed by atoms with E-state index in [0.29, 0.717) is 12.1 Å². The van der Waals surface area contributed by atoms with Gasteiger partial charge in [-0.3, -0.25) is 4.90 Å². The van der Waals surface area contributed by atoms with Gasteiger partial charge in [0.15, 0.2) is 0 Å². The summed E-state index contributed by atoms with van der Waals surface area (Å²) in [5.74, 6) is 0. The largest absolute Gasteiger partial charge is 0.329 e. The fraction of sp³-hybridized carbons (Fsp3) is 1.00. The lowest BCUT2D eigenvalue weighted by Gasteiger charge is -2.32. The average Bonchev–Trinajstić information content (AvgIpc) is 2.17. The van der Waals surface area contributed by atoms with Crippen LogP contribution in [-0.2, 0) is 0 Å². The third kappa shape index (κ3) is 4.37. The molecule has 1 saturated heterocycles. The Labute approximate surface area is 87.2 Å². The van der Waals surface area contributed by atoms with Gasteiger partial charge < -0.3 is 16.4 Å². The second-order valence-corrected chi connectivity index (χ2v) is 4.25. The Balaban J connectivity index is 2.05. The van der Waals surface area contributed by atoms with E-state index < -0.39 is 0 Å². The maximum absolute atomic E-state index is 5.53. The highest BCUT2D eigenvalue weighted by Gasteiger charge is 2.14. The molecule has 4 nitrogen and oxygen atoms in total. The summed E-state index contributed by atoms with van der Waals surface area (Å²) in [6.45, 7) is 10.7. The Kier molecular flexibility index (Phi) is 5.40. The lowest BCUT2D eigenvalue weighted by molar-refractivity contribution is 0.206. The van der Waals surface area contributed by atoms with Gasteiger partial charge in [0.25, 0.3) is 0 Å². The molecule has 84 valence electrons. The van der Waals surface area contributed by atoms with Crippen LogP contribution in [0.15, 0.2) is 0 Å². The Hall–Kier alpha value is -0.160. The van der Waals surface area contributed by atoms with Gasteiger partial charge >= 0.3 is 0 Å². The minimum Gasteiger partial charge on any atom is -0.329 e. The van der Waals surface area contributed by atoms with E-state index in [-0.39, 0.29) is 0 Å². The van der Waals surface area contributed by atoms with E-state index in [1.54, 1.807) is 0 Å². The number of piperazine rings is 1. The van der Waals surface area contributed by atoms with Crippen LogP contribution in [0.3, 0.4) is 0 Å². The molecule has 1 aliphatic heterocycles. The van der Waals surface area contributed by atoms with E-state index in [4.69, 9.17) is 5.73 Å². The van der Waals surface area contributed by atoms with E-state index in [2.05, 4.69) is 29.4 Å². The predicted octanol–water partition coefficient (Wildman–Crippen LogP) is -0.783. The number of rotatable bonds is 5. The van der Waals surface area contributed by atoms with Crippen molar-refractivity contribution in [2.24, 2.45) is 5.73 Å². The van der Waals surface area contributed by atoms with Gasteiger partial charge in [0.05, 0.1) is 0 Å². The van der Waals surface area contributed by atoms with Crippen molar-refractivity contribution < 1.29 is 0 Å². The van der Waals surface area contributed by atoms with Crippen molar-refractivity contribution in [3.05, 3.63) is 0 Å². The molecule has 4 N–H and O–H groups in total. The minimum atomic E-state index is 0.440. The smallest absolute Gasteiger partial charge is 0.0167 e. The number of hydrogen-bond acceptors (Lipinski definition) is 4. The first-order chi connectivity index (χ1) is 6.72. The van der Waals surface area contributed by atoms with Gasteiger partial charge in [-0.2, -0.15) is 0 Å². The van der Waals surface area contributed by atoms with Crippen LogP contribution in [0, 0.1) is 0 Å². The van der Waals surface area contributed by atoms with Gasteiger partial charge in [0.2, 0.25) is 0 Å². The fourth-order valence-corrected chi connectivity index (χ4v) is 1.77. The van der Waals surface area contributed by atoms with Gasteiger partial charge in [-0.25, -0.2) is 0 Å². The molecule has 0 amide bonds. The maximum Gasteiger partial charge on any atom is 0.0167 e. The highest BCUT2D eigenvalue weighted by Crippen LogP contribution is 1.96. The summed E-state index contributed by atoms with van der Waals surface area (Å²) in [6.07, 6.45) is 0. The maximum atomic E-state index is 5.53. The molecule has 2 atom stereocenters. The van der Waals surface area contributed by atoms with Crippen molar-refractivity contribution in [2.45, 2.75) is 25.9 Å². The van der Waals surface area contributed by atoms with E-state index in [0.717, 1.165) is 26.2 Å². The molecule has 0 aromatic rings. The van der Waals surface area contributed by atoms with Crippen LogP contribution in [0.1, 0.15) is 13.8 Å². The average molecular weight is 200 g/mol. The number of nitrogens with two attached hydrogens (primary N) is 1. The summed E-state index contributed by atoms with van der Waals surface area (Å²) >= 11 is 0. The number of nitrogens with one attached hydrogen (secondary N) is 2. The minimum absolute atomic E-state index is 0.440. The summed E-state index contributed by atoms with van der Waals surface area (Å²) in [4.78, 5) is 2.50. The monoisotopic (exact) mass is 200 g/mol. The summed E-state index contributed by atoms with van der Waals surface area (Å²) < 4.78 is 0. The van der Waals surface area contributed by atoms with Crippen LogP contribution in [0.5, 0.6) is 0 Å². The molecule has 0 aliphatic carbocycles. The lowest BCUT2D eigenvalue weighted by Crippen LogP contribution is -2.51. The zero-order valence-electron chi connectivity index (χ0n) is 9.42. The molecule has 0 saturated carbocycles. The standard InChI is InChI=1S/C10H24N4/c1-9(7-11)12-3-5-14-6-4-13-10(2)8-14/h9-10,12-13H,3-8,11H2,1-2H3. The third-order valence-electron chi connectivity index (χ3n) is 2.73. The Morgan fingerprint density at radius 1 is 1.64 bits per heavy atom. The van der Waals surface area contributed by atoms with Crippen LogP contribution in [0.25, 0.3) is 0 Å². The molecule has 2 unspecified atom stereocenters. The van der Waals surface area contributed by atoms with Crippen molar-refractivity contribution in [3.63, 3.8) is 0 Å². The molecule has 1 fully saturated rings. The first-order valence-corrected chi connectivity index (χ1v) is 5.61. The Morgan fingerprint density at radius 2 is 2.43 bits per heavy atom. The third-order valence-corrected chi connectivity index (χ3v) is 2.73. The quantitative estimate of drug-likeness (QED) is 0.545. The molecule has 1 rings (SSSR count). The van der Waals surface area contributed by atoms with Crippen LogP contribution in [0.2, 0.25) is 0 Å². The van der Waals surface area contributed by atoms with Crippen molar-refractivity contribution in [1.29, 1.82) is 0 Å². The molecule has 0 aromatic heterocycles. The lowest BCUT2D eigenvalue weighted by atomic mass is 10.2. The van der Waals surface area contributed by atoms with E-state index in [1.165, 1.54) is 13.1 Å². The first-order valence-electron chi connectivity index (χ1n) is 5.61. The van der Waals surface area contributed by atoms with Gasteiger partial charge in [-0.05, 0) is 13.8 Å². The van der Waals surface area contributed by atoms with Crippen molar-refractivity contribution >= 4 is 0 Å². The normalized spacial score (nSPS) is 26.4. The van der Waals surface area contributed by atoms with Gasteiger partial charge in [0, 0.05) is 51.4 Å². The van der Waals surface area contributed by atoms with Crippen molar-refractivity contribution in [3.8, 4) is 0 Å². The zero-order chi connectivity index (χ0) is 10.4. The molecule has 0 spiro atoms. The Morgan fingerprint density at radius 3 is 3.07 bits per heavy atom. The molecule has 1 aliphatic rings. The molecule has 1 heterocycles. The molecule has 0 aromatic carbocycles. The van der Waals surface area contributed by atoms with Gasteiger partial charge in [0.1, 0.15) is 0 Å². The summed E-state index contributed by atoms with van der Waals surface area (Å²) in [7, 11) is 0. The first kappa shape index (κ1) is 11.9. The van der Waals surface area contributed by atoms with E-state index in [1.807, 2.05) is 0 Å². The molecule has 14 heavy (non-hydrogen) atoms. The SMILES string of the molecule is CC(CN)NCCN1CCNC(C)C1. The summed E-state index contributed by atoms with van der Waals surface area (Å²) in [5.41, 5.74) is 5.53. The predicted molar refractivity (Wildman–Crippen MR) is 60.4 cm³/mol. The van der Waals surface area contributed by atoms with Crippen LogP contribution >= 0.6 is 0 Å². The number of hydrogen-bond donors (Lipinski definition) is 3. The zero-order valence-corrected chi connectivity index (χ0v) is 9.42. The topological polar surface area (TPSA) is 53.3 Å². The van der Waals surface area contributed by atoms with E-state index >= 15 is 0 Å². The molecule has 4 heteroatoms. The Bertz CT molecular complexity index is 151. The second kappa shape index (κ2) is 6.35. The van der Waals surface area contributed by atoms with E-state index in [9.17, 15) is 0 Å². The van der Waals surface area contributed by atoms with Gasteiger partial charge in [-0.1, -0.05) is 0 Å². The highest BCUT2D eigenvalue weighted by molar-refractivity contribution is 4.75. The summed E-state index contributed by atoms with van der Waals surface area (Å²) in [6, 6.07) is 1.08. The van der Waals surface area contributed by atoms with Crippen molar-refractivity contribution in [1.82, 2.24) is 15.5 Å². The fourth-order valence-electron chi connectivity index (χ4n) is 1.77. The second-order valence-electron chi connectivity index (χ2n) is 4.25. The van der Waals surface area contributed by atoms with Crippen LogP contribution in [0.4, 0.5) is 0 Å². The molecule has 0 bridgehead atoms. The van der Waals surface area contributed by atoms with Gasteiger partial charge in [-0.15, -0.1) is 0 Å². The number of nitrogens with zero attached hydrogens (tertiary/aromatic N) is 1. The highest BCUT2D eigenvalue weighted by atomic mass is 15.2. The van der Waals surface area contributed by atoms with Crippen LogP contribution in [-0.4, -0.2) is 56.3 Å². The summed E-state index contributed by atoms with van der Waals surface area (Å²) in [5, 5.41) is 6.85.